The van der Waals surface area contributed by atoms with E-state index in [4.69, 9.17) is 4.74 Å². The number of ether oxygens (including phenoxy) is 1. The van der Waals surface area contributed by atoms with E-state index in [1.165, 1.54) is 32.4 Å². The number of anilines is 1. The van der Waals surface area contributed by atoms with Crippen LogP contribution in [0.3, 0.4) is 0 Å². The summed E-state index contributed by atoms with van der Waals surface area (Å²) in [6, 6.07) is 8.86. The summed E-state index contributed by atoms with van der Waals surface area (Å²) in [4.78, 5) is 14.2. The molecule has 2 fully saturated rings. The van der Waals surface area contributed by atoms with Gasteiger partial charge in [0.2, 0.25) is 0 Å². The summed E-state index contributed by atoms with van der Waals surface area (Å²) in [5, 5.41) is 3.62. The molecule has 0 aliphatic carbocycles. The minimum Gasteiger partial charge on any atom is -0.462 e. The Balaban J connectivity index is 1.62. The Morgan fingerprint density at radius 3 is 2.85 bits per heavy atom. The van der Waals surface area contributed by atoms with Crippen molar-refractivity contribution >= 4 is 11.7 Å². The molecule has 0 amide bonds. The highest BCUT2D eigenvalue weighted by Crippen LogP contribution is 2.30. The lowest BCUT2D eigenvalue weighted by molar-refractivity contribution is 0.0526. The van der Waals surface area contributed by atoms with Gasteiger partial charge in [0.1, 0.15) is 0 Å². The number of carbonyl (C=O) groups is 1. The van der Waals surface area contributed by atoms with Gasteiger partial charge in [-0.15, -0.1) is 0 Å². The van der Waals surface area contributed by atoms with E-state index in [-0.39, 0.29) is 5.97 Å². The number of rotatable bonds is 4. The topological polar surface area (TPSA) is 41.6 Å². The fourth-order valence-electron chi connectivity index (χ4n) is 3.38. The van der Waals surface area contributed by atoms with Crippen molar-refractivity contribution in [3.63, 3.8) is 0 Å². The van der Waals surface area contributed by atoms with Crippen molar-refractivity contribution in [1.29, 1.82) is 0 Å². The lowest BCUT2D eigenvalue weighted by Gasteiger charge is -2.22. The van der Waals surface area contributed by atoms with Gasteiger partial charge in [0, 0.05) is 24.3 Å². The highest BCUT2D eigenvalue weighted by molar-refractivity contribution is 5.89. The fraction of sp³-hybridized carbons (Fsp3) is 0.562. The maximum Gasteiger partial charge on any atom is 0.338 e. The molecule has 0 radical (unpaired) electrons. The zero-order chi connectivity index (χ0) is 13.9. The van der Waals surface area contributed by atoms with Crippen LogP contribution in [-0.4, -0.2) is 42.6 Å². The van der Waals surface area contributed by atoms with Crippen LogP contribution in [0.2, 0.25) is 0 Å². The average molecular weight is 274 g/mol. The molecule has 1 aromatic carbocycles. The number of hydrogen-bond donors (Lipinski definition) is 1. The Hall–Kier alpha value is -1.55. The van der Waals surface area contributed by atoms with Crippen LogP contribution in [0.4, 0.5) is 5.69 Å². The molecule has 0 spiro atoms. The smallest absolute Gasteiger partial charge is 0.338 e. The molecule has 2 aliphatic rings. The minimum absolute atomic E-state index is 0.248. The summed E-state index contributed by atoms with van der Waals surface area (Å²) in [5.74, 6) is -0.248. The van der Waals surface area contributed by atoms with E-state index in [1.807, 2.05) is 31.2 Å². The third kappa shape index (κ3) is 2.66. The van der Waals surface area contributed by atoms with Gasteiger partial charge < -0.3 is 10.1 Å². The van der Waals surface area contributed by atoms with E-state index in [1.54, 1.807) is 0 Å². The van der Waals surface area contributed by atoms with Crippen molar-refractivity contribution in [3.8, 4) is 0 Å². The Morgan fingerprint density at radius 1 is 1.30 bits per heavy atom. The third-order valence-electron chi connectivity index (χ3n) is 4.35. The Kier molecular flexibility index (Phi) is 3.92. The number of hydrogen-bond acceptors (Lipinski definition) is 4. The first-order chi connectivity index (χ1) is 9.78. The van der Waals surface area contributed by atoms with Crippen molar-refractivity contribution < 1.29 is 9.53 Å². The van der Waals surface area contributed by atoms with Gasteiger partial charge >= 0.3 is 5.97 Å². The van der Waals surface area contributed by atoms with E-state index in [0.29, 0.717) is 24.3 Å². The van der Waals surface area contributed by atoms with E-state index in [2.05, 4.69) is 10.2 Å². The van der Waals surface area contributed by atoms with Crippen LogP contribution < -0.4 is 5.32 Å². The second-order valence-corrected chi connectivity index (χ2v) is 5.58. The highest BCUT2D eigenvalue weighted by atomic mass is 16.5. The van der Waals surface area contributed by atoms with E-state index >= 15 is 0 Å². The fourth-order valence-corrected chi connectivity index (χ4v) is 3.38. The van der Waals surface area contributed by atoms with E-state index in [9.17, 15) is 4.79 Å². The summed E-state index contributed by atoms with van der Waals surface area (Å²) in [5.41, 5.74) is 1.71. The molecule has 1 aromatic rings. The number of nitrogens with zero attached hydrogens (tertiary/aromatic N) is 1. The van der Waals surface area contributed by atoms with Crippen LogP contribution in [0.1, 0.15) is 36.5 Å². The van der Waals surface area contributed by atoms with Crippen LogP contribution in [0.5, 0.6) is 0 Å². The number of carbonyl (C=O) groups excluding carboxylic acids is 1. The van der Waals surface area contributed by atoms with Crippen LogP contribution in [0.15, 0.2) is 24.3 Å². The molecular weight excluding hydrogens is 252 g/mol. The molecule has 2 unspecified atom stereocenters. The van der Waals surface area contributed by atoms with Crippen LogP contribution >= 0.6 is 0 Å². The highest BCUT2D eigenvalue weighted by Gasteiger charge is 2.36. The lowest BCUT2D eigenvalue weighted by atomic mass is 10.1. The van der Waals surface area contributed by atoms with Gasteiger partial charge in [-0.2, -0.15) is 0 Å². The van der Waals surface area contributed by atoms with Crippen LogP contribution in [0, 0.1) is 0 Å². The first-order valence-electron chi connectivity index (χ1n) is 7.55. The van der Waals surface area contributed by atoms with Crippen molar-refractivity contribution in [2.45, 2.75) is 38.3 Å². The normalized spacial score (nSPS) is 25.4. The molecule has 0 aromatic heterocycles. The quantitative estimate of drug-likeness (QED) is 0.857. The number of nitrogens with one attached hydrogen (secondary N) is 1. The third-order valence-corrected chi connectivity index (χ3v) is 4.35. The molecule has 2 atom stereocenters. The predicted octanol–water partition coefficient (Wildman–Crippen LogP) is 2.51. The summed E-state index contributed by atoms with van der Waals surface area (Å²) >= 11 is 0. The largest absolute Gasteiger partial charge is 0.462 e. The monoisotopic (exact) mass is 274 g/mol. The van der Waals surface area contributed by atoms with Gasteiger partial charge in [0.15, 0.2) is 0 Å². The molecule has 3 rings (SSSR count). The number of benzene rings is 1. The molecule has 4 heteroatoms. The summed E-state index contributed by atoms with van der Waals surface area (Å²) in [6.45, 7) is 4.70. The van der Waals surface area contributed by atoms with Crippen molar-refractivity contribution in [2.24, 2.45) is 0 Å². The van der Waals surface area contributed by atoms with Gasteiger partial charge in [0.05, 0.1) is 12.2 Å². The molecule has 2 heterocycles. The molecule has 20 heavy (non-hydrogen) atoms. The lowest BCUT2D eigenvalue weighted by Crippen LogP contribution is -2.33. The summed E-state index contributed by atoms with van der Waals surface area (Å²) < 4.78 is 4.99. The summed E-state index contributed by atoms with van der Waals surface area (Å²) in [7, 11) is 0. The van der Waals surface area contributed by atoms with E-state index < -0.39 is 0 Å². The first kappa shape index (κ1) is 13.4. The van der Waals surface area contributed by atoms with Gasteiger partial charge in [-0.3, -0.25) is 4.90 Å². The zero-order valence-corrected chi connectivity index (χ0v) is 12.0. The maximum absolute atomic E-state index is 11.6. The number of fused-ring (bicyclic) bond motifs is 1. The van der Waals surface area contributed by atoms with Gasteiger partial charge in [-0.25, -0.2) is 4.79 Å². The summed E-state index contributed by atoms with van der Waals surface area (Å²) in [6.07, 6.45) is 3.84. The van der Waals surface area contributed by atoms with Gasteiger partial charge in [-0.05, 0) is 57.0 Å². The Labute approximate surface area is 120 Å². The predicted molar refractivity (Wildman–Crippen MR) is 79.0 cm³/mol. The van der Waals surface area contributed by atoms with Crippen molar-refractivity contribution in [2.75, 3.05) is 25.0 Å². The molecule has 0 bridgehead atoms. The van der Waals surface area contributed by atoms with Gasteiger partial charge in [0.25, 0.3) is 0 Å². The second kappa shape index (κ2) is 5.83. The van der Waals surface area contributed by atoms with Crippen LogP contribution in [0.25, 0.3) is 0 Å². The van der Waals surface area contributed by atoms with Gasteiger partial charge in [-0.1, -0.05) is 0 Å². The van der Waals surface area contributed by atoms with Crippen molar-refractivity contribution in [3.05, 3.63) is 29.8 Å². The molecule has 2 aliphatic heterocycles. The second-order valence-electron chi connectivity index (χ2n) is 5.58. The van der Waals surface area contributed by atoms with E-state index in [0.717, 1.165) is 5.69 Å². The molecular formula is C16H22N2O2. The standard InChI is InChI=1S/C16H22N2O2/c1-2-20-16(19)12-5-7-13(8-6-12)17-14-9-11-18-10-3-4-15(14)18/h5-8,14-15,17H,2-4,9-11H2,1H3. The number of esters is 1. The molecule has 2 saturated heterocycles. The maximum atomic E-state index is 11.6. The zero-order valence-electron chi connectivity index (χ0n) is 12.0. The van der Waals surface area contributed by atoms with Crippen molar-refractivity contribution in [1.82, 2.24) is 4.90 Å². The minimum atomic E-state index is -0.248. The molecule has 0 saturated carbocycles. The SMILES string of the molecule is CCOC(=O)c1ccc(NC2CCN3CCCC23)cc1. The Morgan fingerprint density at radius 2 is 2.10 bits per heavy atom. The average Bonchev–Trinajstić information content (AvgIpc) is 3.05. The molecule has 108 valence electrons. The van der Waals surface area contributed by atoms with Crippen LogP contribution in [-0.2, 0) is 4.74 Å². The first-order valence-corrected chi connectivity index (χ1v) is 7.55. The molecule has 4 nitrogen and oxygen atoms in total. The molecule has 1 N–H and O–H groups in total. The Bertz CT molecular complexity index is 472.